The van der Waals surface area contributed by atoms with E-state index in [1.165, 1.54) is 6.92 Å². The summed E-state index contributed by atoms with van der Waals surface area (Å²) in [5, 5.41) is 2.70. The number of carbonyl (C=O) groups is 3. The van der Waals surface area contributed by atoms with Crippen molar-refractivity contribution in [3.05, 3.63) is 0 Å². The van der Waals surface area contributed by atoms with Gasteiger partial charge in [-0.1, -0.05) is 0 Å². The maximum atomic E-state index is 12.1. The molecule has 0 aliphatic carbocycles. The average Bonchev–Trinajstić information content (AvgIpc) is 2.50. The van der Waals surface area contributed by atoms with Crippen molar-refractivity contribution in [1.29, 1.82) is 0 Å². The van der Waals surface area contributed by atoms with E-state index in [4.69, 9.17) is 4.74 Å². The lowest BCUT2D eigenvalue weighted by atomic mass is 9.97. The van der Waals surface area contributed by atoms with Crippen LogP contribution in [0, 0.1) is 5.92 Å². The van der Waals surface area contributed by atoms with Crippen LogP contribution in [0.2, 0.25) is 0 Å². The Morgan fingerprint density at radius 2 is 1.69 bits per heavy atom. The van der Waals surface area contributed by atoms with Crippen molar-refractivity contribution < 1.29 is 37.0 Å². The van der Waals surface area contributed by atoms with Crippen LogP contribution in [0.15, 0.2) is 0 Å². The average molecular weight is 382 g/mol. The monoisotopic (exact) mass is 382 g/mol. The van der Waals surface area contributed by atoms with E-state index in [1.807, 2.05) is 0 Å². The standard InChI is InChI=1S/C16H25F3N2O5/c1-10(12(22)20-15(2,3)4)26-13(23)11-5-7-21(8-6-11)14(24)25-9-16(17,18)19/h10-11H,5-9H2,1-4H3,(H,20,22). The quantitative estimate of drug-likeness (QED) is 0.754. The number of hydrogen-bond donors (Lipinski definition) is 1. The Morgan fingerprint density at radius 3 is 2.15 bits per heavy atom. The van der Waals surface area contributed by atoms with Gasteiger partial charge in [-0.3, -0.25) is 9.59 Å². The van der Waals surface area contributed by atoms with Crippen LogP contribution in [0.1, 0.15) is 40.5 Å². The molecule has 1 atom stereocenters. The highest BCUT2D eigenvalue weighted by molar-refractivity contribution is 5.84. The molecule has 0 aromatic heterocycles. The van der Waals surface area contributed by atoms with E-state index >= 15 is 0 Å². The summed E-state index contributed by atoms with van der Waals surface area (Å²) in [4.78, 5) is 36.7. The number of carbonyl (C=O) groups excluding carboxylic acids is 3. The molecule has 1 unspecified atom stereocenters. The van der Waals surface area contributed by atoms with Gasteiger partial charge < -0.3 is 19.7 Å². The van der Waals surface area contributed by atoms with Gasteiger partial charge in [0.15, 0.2) is 12.7 Å². The fraction of sp³-hybridized carbons (Fsp3) is 0.812. The topological polar surface area (TPSA) is 84.9 Å². The Hall–Kier alpha value is -2.00. The van der Waals surface area contributed by atoms with Crippen molar-refractivity contribution >= 4 is 18.0 Å². The van der Waals surface area contributed by atoms with E-state index < -0.39 is 48.3 Å². The SMILES string of the molecule is CC(OC(=O)C1CCN(C(=O)OCC(F)(F)F)CC1)C(=O)NC(C)(C)C. The van der Waals surface area contributed by atoms with Gasteiger partial charge in [-0.15, -0.1) is 0 Å². The molecule has 1 saturated heterocycles. The van der Waals surface area contributed by atoms with Crippen molar-refractivity contribution in [2.24, 2.45) is 5.92 Å². The van der Waals surface area contributed by atoms with Crippen molar-refractivity contribution in [2.75, 3.05) is 19.7 Å². The number of amides is 2. The summed E-state index contributed by atoms with van der Waals surface area (Å²) < 4.78 is 45.5. The van der Waals surface area contributed by atoms with Gasteiger partial charge >= 0.3 is 18.2 Å². The molecule has 0 radical (unpaired) electrons. The third-order valence-corrected chi connectivity index (χ3v) is 3.61. The van der Waals surface area contributed by atoms with Crippen molar-refractivity contribution in [2.45, 2.75) is 58.4 Å². The molecule has 2 amide bonds. The lowest BCUT2D eigenvalue weighted by molar-refractivity contribution is -0.163. The van der Waals surface area contributed by atoms with Gasteiger partial charge in [-0.25, -0.2) is 4.79 Å². The number of rotatable bonds is 4. The highest BCUT2D eigenvalue weighted by Crippen LogP contribution is 2.21. The normalized spacial score (nSPS) is 17.4. The third-order valence-electron chi connectivity index (χ3n) is 3.61. The highest BCUT2D eigenvalue weighted by Gasteiger charge is 2.34. The molecule has 1 N–H and O–H groups in total. The van der Waals surface area contributed by atoms with Crippen molar-refractivity contribution in [3.8, 4) is 0 Å². The summed E-state index contributed by atoms with van der Waals surface area (Å²) in [7, 11) is 0. The predicted octanol–water partition coefficient (Wildman–Crippen LogP) is 2.24. The Morgan fingerprint density at radius 1 is 1.15 bits per heavy atom. The van der Waals surface area contributed by atoms with E-state index in [9.17, 15) is 27.6 Å². The van der Waals surface area contributed by atoms with Crippen LogP contribution < -0.4 is 5.32 Å². The zero-order valence-electron chi connectivity index (χ0n) is 15.3. The van der Waals surface area contributed by atoms with E-state index in [1.54, 1.807) is 20.8 Å². The van der Waals surface area contributed by atoms with Crippen LogP contribution in [-0.4, -0.2) is 60.4 Å². The molecular formula is C16H25F3N2O5. The van der Waals surface area contributed by atoms with E-state index in [0.29, 0.717) is 0 Å². The second-order valence-electron chi connectivity index (χ2n) is 7.25. The smallest absolute Gasteiger partial charge is 0.422 e. The molecule has 0 spiro atoms. The van der Waals surface area contributed by atoms with Gasteiger partial charge in [-0.05, 0) is 40.5 Å². The maximum absolute atomic E-state index is 12.1. The van der Waals surface area contributed by atoms with Gasteiger partial charge in [0.05, 0.1) is 5.92 Å². The zero-order chi connectivity index (χ0) is 20.1. The molecule has 1 aliphatic rings. The third kappa shape index (κ3) is 7.92. The van der Waals surface area contributed by atoms with Crippen LogP contribution in [0.3, 0.4) is 0 Å². The van der Waals surface area contributed by atoms with Crippen LogP contribution in [0.4, 0.5) is 18.0 Å². The van der Waals surface area contributed by atoms with Gasteiger partial charge in [0.25, 0.3) is 5.91 Å². The van der Waals surface area contributed by atoms with Gasteiger partial charge in [-0.2, -0.15) is 13.2 Å². The summed E-state index contributed by atoms with van der Waals surface area (Å²) >= 11 is 0. The van der Waals surface area contributed by atoms with Crippen LogP contribution in [0.25, 0.3) is 0 Å². The minimum atomic E-state index is -4.58. The van der Waals surface area contributed by atoms with Crippen molar-refractivity contribution in [3.63, 3.8) is 0 Å². The highest BCUT2D eigenvalue weighted by atomic mass is 19.4. The largest absolute Gasteiger partial charge is 0.452 e. The van der Waals surface area contributed by atoms with Crippen LogP contribution in [-0.2, 0) is 19.1 Å². The van der Waals surface area contributed by atoms with E-state index in [2.05, 4.69) is 10.1 Å². The number of esters is 1. The molecule has 7 nitrogen and oxygen atoms in total. The summed E-state index contributed by atoms with van der Waals surface area (Å²) in [5.41, 5.74) is -0.458. The molecule has 10 heteroatoms. The summed E-state index contributed by atoms with van der Waals surface area (Å²) in [6, 6.07) is 0. The molecule has 26 heavy (non-hydrogen) atoms. The Bertz CT molecular complexity index is 523. The Balaban J connectivity index is 2.41. The van der Waals surface area contributed by atoms with Crippen LogP contribution in [0.5, 0.6) is 0 Å². The van der Waals surface area contributed by atoms with Crippen molar-refractivity contribution in [1.82, 2.24) is 10.2 Å². The number of alkyl halides is 3. The second-order valence-corrected chi connectivity index (χ2v) is 7.25. The molecule has 1 fully saturated rings. The molecule has 1 heterocycles. The van der Waals surface area contributed by atoms with E-state index in [0.717, 1.165) is 4.90 Å². The molecular weight excluding hydrogens is 357 g/mol. The summed E-state index contributed by atoms with van der Waals surface area (Å²) in [6.45, 7) is 5.38. The summed E-state index contributed by atoms with van der Waals surface area (Å²) in [6.07, 6.45) is -6.15. The van der Waals surface area contributed by atoms with E-state index in [-0.39, 0.29) is 25.9 Å². The fourth-order valence-electron chi connectivity index (χ4n) is 2.33. The van der Waals surface area contributed by atoms with Crippen LogP contribution >= 0.6 is 0 Å². The second kappa shape index (κ2) is 8.59. The minimum Gasteiger partial charge on any atom is -0.452 e. The number of likely N-dealkylation sites (tertiary alicyclic amines) is 1. The molecule has 0 bridgehead atoms. The zero-order valence-corrected chi connectivity index (χ0v) is 15.3. The first-order valence-electron chi connectivity index (χ1n) is 8.29. The summed E-state index contributed by atoms with van der Waals surface area (Å²) in [5.74, 6) is -1.50. The predicted molar refractivity (Wildman–Crippen MR) is 85.1 cm³/mol. The molecule has 150 valence electrons. The van der Waals surface area contributed by atoms with Gasteiger partial charge in [0.1, 0.15) is 0 Å². The number of hydrogen-bond acceptors (Lipinski definition) is 5. The Kier molecular flexibility index (Phi) is 7.28. The number of piperidine rings is 1. The minimum absolute atomic E-state index is 0.0824. The molecule has 0 aromatic carbocycles. The first kappa shape index (κ1) is 22.0. The number of nitrogens with zero attached hydrogens (tertiary/aromatic N) is 1. The first-order chi connectivity index (χ1) is 11.8. The van der Waals surface area contributed by atoms with Gasteiger partial charge in [0.2, 0.25) is 0 Å². The number of nitrogens with one attached hydrogen (secondary N) is 1. The molecule has 0 aromatic rings. The lowest BCUT2D eigenvalue weighted by Crippen LogP contribution is -2.47. The first-order valence-corrected chi connectivity index (χ1v) is 8.29. The molecule has 0 saturated carbocycles. The van der Waals surface area contributed by atoms with Gasteiger partial charge in [0, 0.05) is 18.6 Å². The molecule has 1 aliphatic heterocycles. The number of halogens is 3. The molecule has 1 rings (SSSR count). The Labute approximate surface area is 150 Å². The maximum Gasteiger partial charge on any atom is 0.422 e. The number of ether oxygens (including phenoxy) is 2. The lowest BCUT2D eigenvalue weighted by Gasteiger charge is -2.31. The fourth-order valence-corrected chi connectivity index (χ4v) is 2.33.